The van der Waals surface area contributed by atoms with Crippen LogP contribution in [0.1, 0.15) is 32.1 Å². The summed E-state index contributed by atoms with van der Waals surface area (Å²) in [6.07, 6.45) is 8.11. The van der Waals surface area contributed by atoms with E-state index in [1.165, 1.54) is 30.6 Å². The van der Waals surface area contributed by atoms with Gasteiger partial charge in [-0.1, -0.05) is 12.8 Å². The topological polar surface area (TPSA) is 55.1 Å². The monoisotopic (exact) mass is 360 g/mol. The van der Waals surface area contributed by atoms with Crippen LogP contribution in [0.25, 0.3) is 0 Å². The molecule has 0 aliphatic heterocycles. The fourth-order valence-electron chi connectivity index (χ4n) is 2.43. The Kier molecular flexibility index (Phi) is 9.33. The number of carbonyl (C=O) groups excluding carboxylic acids is 1. The van der Waals surface area contributed by atoms with Gasteiger partial charge in [-0.25, -0.2) is 0 Å². The number of hydrogen-bond acceptors (Lipinski definition) is 4. The standard InChI is InChI=1S/C16H24N2OS2.ClH/c1-20-11-10-15(17)16(19)18-12-6-8-14(9-7-12)21-13-4-2-3-5-13;/h6-9,13,15H,2-5,10-11,17H2,1H3,(H,18,19);1H/t15-;/m0./s1. The number of thioether (sulfide) groups is 2. The molecule has 0 radical (unpaired) electrons. The van der Waals surface area contributed by atoms with Crippen molar-refractivity contribution >= 4 is 47.5 Å². The SMILES string of the molecule is CSCC[C@H](N)C(=O)Nc1ccc(SC2CCCC2)cc1.Cl. The van der Waals surface area contributed by atoms with Crippen LogP contribution in [0.3, 0.4) is 0 Å². The first-order valence-electron chi connectivity index (χ1n) is 7.51. The molecule has 1 fully saturated rings. The third kappa shape index (κ3) is 6.41. The van der Waals surface area contributed by atoms with Crippen molar-refractivity contribution in [2.75, 3.05) is 17.3 Å². The highest BCUT2D eigenvalue weighted by atomic mass is 35.5. The quantitative estimate of drug-likeness (QED) is 0.766. The molecule has 0 bridgehead atoms. The van der Waals surface area contributed by atoms with Crippen molar-refractivity contribution in [1.29, 1.82) is 0 Å². The van der Waals surface area contributed by atoms with Gasteiger partial charge in [0.05, 0.1) is 6.04 Å². The molecule has 3 nitrogen and oxygen atoms in total. The zero-order valence-electron chi connectivity index (χ0n) is 12.9. The fourth-order valence-corrected chi connectivity index (χ4v) is 4.16. The number of amides is 1. The molecule has 1 aliphatic carbocycles. The summed E-state index contributed by atoms with van der Waals surface area (Å²) in [6.45, 7) is 0. The van der Waals surface area contributed by atoms with E-state index in [2.05, 4.69) is 17.4 Å². The summed E-state index contributed by atoms with van der Waals surface area (Å²) >= 11 is 3.66. The lowest BCUT2D eigenvalue weighted by Crippen LogP contribution is -2.36. The normalized spacial score (nSPS) is 16.1. The minimum absolute atomic E-state index is 0. The predicted octanol–water partition coefficient (Wildman–Crippen LogP) is 4.16. The largest absolute Gasteiger partial charge is 0.325 e. The lowest BCUT2D eigenvalue weighted by Gasteiger charge is -2.13. The van der Waals surface area contributed by atoms with Crippen LogP contribution in [0.4, 0.5) is 5.69 Å². The number of benzene rings is 1. The van der Waals surface area contributed by atoms with Gasteiger partial charge in [0.2, 0.25) is 5.91 Å². The molecule has 1 saturated carbocycles. The van der Waals surface area contributed by atoms with Crippen LogP contribution in [-0.4, -0.2) is 29.2 Å². The maximum atomic E-state index is 11.9. The van der Waals surface area contributed by atoms with Crippen LogP contribution in [0.2, 0.25) is 0 Å². The Morgan fingerprint density at radius 1 is 1.32 bits per heavy atom. The van der Waals surface area contributed by atoms with Gasteiger partial charge < -0.3 is 11.1 Å². The predicted molar refractivity (Wildman–Crippen MR) is 101 cm³/mol. The summed E-state index contributed by atoms with van der Waals surface area (Å²) in [5.74, 6) is 0.811. The highest BCUT2D eigenvalue weighted by Gasteiger charge is 2.16. The molecule has 1 amide bonds. The zero-order chi connectivity index (χ0) is 15.1. The minimum Gasteiger partial charge on any atom is -0.325 e. The van der Waals surface area contributed by atoms with E-state index in [9.17, 15) is 4.79 Å². The highest BCUT2D eigenvalue weighted by molar-refractivity contribution is 8.00. The first-order valence-corrected chi connectivity index (χ1v) is 9.78. The third-order valence-corrected chi connectivity index (χ3v) is 5.69. The van der Waals surface area contributed by atoms with Gasteiger partial charge in [0.1, 0.15) is 0 Å². The Hall–Kier alpha value is -0.360. The van der Waals surface area contributed by atoms with Crippen LogP contribution >= 0.6 is 35.9 Å². The maximum Gasteiger partial charge on any atom is 0.241 e. The molecule has 124 valence electrons. The molecule has 3 N–H and O–H groups in total. The zero-order valence-corrected chi connectivity index (χ0v) is 15.4. The number of halogens is 1. The average Bonchev–Trinajstić information content (AvgIpc) is 2.99. The first-order chi connectivity index (χ1) is 10.2. The molecule has 1 atom stereocenters. The number of nitrogens with two attached hydrogens (primary N) is 1. The minimum atomic E-state index is -0.426. The van der Waals surface area contributed by atoms with Crippen molar-refractivity contribution in [1.82, 2.24) is 0 Å². The van der Waals surface area contributed by atoms with Crippen LogP contribution in [0.15, 0.2) is 29.2 Å². The second-order valence-electron chi connectivity index (χ2n) is 5.43. The van der Waals surface area contributed by atoms with E-state index in [0.29, 0.717) is 6.42 Å². The van der Waals surface area contributed by atoms with Gasteiger partial charge in [-0.2, -0.15) is 11.8 Å². The molecular weight excluding hydrogens is 336 g/mol. The molecule has 2 rings (SSSR count). The lowest BCUT2D eigenvalue weighted by atomic mass is 10.2. The van der Waals surface area contributed by atoms with Crippen molar-refractivity contribution in [3.05, 3.63) is 24.3 Å². The number of hydrogen-bond donors (Lipinski definition) is 2. The Balaban J connectivity index is 0.00000242. The van der Waals surface area contributed by atoms with E-state index in [1.807, 2.05) is 30.2 Å². The van der Waals surface area contributed by atoms with Gasteiger partial charge in [-0.3, -0.25) is 4.79 Å². The van der Waals surface area contributed by atoms with Crippen LogP contribution < -0.4 is 11.1 Å². The summed E-state index contributed by atoms with van der Waals surface area (Å²) in [4.78, 5) is 13.2. The van der Waals surface area contributed by atoms with E-state index < -0.39 is 6.04 Å². The molecule has 6 heteroatoms. The Morgan fingerprint density at radius 3 is 2.55 bits per heavy atom. The molecule has 0 spiro atoms. The summed E-state index contributed by atoms with van der Waals surface area (Å²) in [5, 5.41) is 3.66. The van der Waals surface area contributed by atoms with E-state index in [4.69, 9.17) is 5.73 Å². The van der Waals surface area contributed by atoms with E-state index in [0.717, 1.165) is 16.7 Å². The van der Waals surface area contributed by atoms with Gasteiger partial charge in [0, 0.05) is 15.8 Å². The smallest absolute Gasteiger partial charge is 0.241 e. The Bertz CT molecular complexity index is 450. The van der Waals surface area contributed by atoms with Gasteiger partial charge in [0.15, 0.2) is 0 Å². The summed E-state index contributed by atoms with van der Waals surface area (Å²) in [5.41, 5.74) is 6.69. The highest BCUT2D eigenvalue weighted by Crippen LogP contribution is 2.34. The van der Waals surface area contributed by atoms with Crippen LogP contribution in [0, 0.1) is 0 Å². The van der Waals surface area contributed by atoms with Crippen molar-refractivity contribution < 1.29 is 4.79 Å². The van der Waals surface area contributed by atoms with Crippen LogP contribution in [0.5, 0.6) is 0 Å². The number of anilines is 1. The van der Waals surface area contributed by atoms with Crippen molar-refractivity contribution in [3.8, 4) is 0 Å². The summed E-state index contributed by atoms with van der Waals surface area (Å²) in [7, 11) is 0. The summed E-state index contributed by atoms with van der Waals surface area (Å²) in [6, 6.07) is 7.69. The van der Waals surface area contributed by atoms with Gasteiger partial charge in [-0.15, -0.1) is 24.2 Å². The molecule has 0 unspecified atom stereocenters. The van der Waals surface area contributed by atoms with Crippen molar-refractivity contribution in [3.63, 3.8) is 0 Å². The molecule has 1 aromatic carbocycles. The third-order valence-electron chi connectivity index (χ3n) is 3.70. The number of rotatable bonds is 7. The second-order valence-corrected chi connectivity index (χ2v) is 7.79. The molecule has 1 aliphatic rings. The molecule has 22 heavy (non-hydrogen) atoms. The van der Waals surface area contributed by atoms with E-state index in [-0.39, 0.29) is 18.3 Å². The Labute approximate surface area is 148 Å². The van der Waals surface area contributed by atoms with Gasteiger partial charge in [-0.05, 0) is 55.5 Å². The lowest BCUT2D eigenvalue weighted by molar-refractivity contribution is -0.117. The van der Waals surface area contributed by atoms with Crippen molar-refractivity contribution in [2.45, 2.75) is 48.3 Å². The molecule has 0 saturated heterocycles. The average molecular weight is 361 g/mol. The molecule has 1 aromatic rings. The maximum absolute atomic E-state index is 11.9. The van der Waals surface area contributed by atoms with E-state index >= 15 is 0 Å². The van der Waals surface area contributed by atoms with Crippen molar-refractivity contribution in [2.24, 2.45) is 5.73 Å². The van der Waals surface area contributed by atoms with Gasteiger partial charge >= 0.3 is 0 Å². The number of nitrogens with one attached hydrogen (secondary N) is 1. The molecule has 0 aromatic heterocycles. The first kappa shape index (κ1) is 19.7. The van der Waals surface area contributed by atoms with Gasteiger partial charge in [0.25, 0.3) is 0 Å². The molecule has 0 heterocycles. The summed E-state index contributed by atoms with van der Waals surface area (Å²) < 4.78 is 0. The number of carbonyl (C=O) groups is 1. The van der Waals surface area contributed by atoms with Crippen LogP contribution in [-0.2, 0) is 4.79 Å². The Morgan fingerprint density at radius 2 is 1.95 bits per heavy atom. The van der Waals surface area contributed by atoms with E-state index in [1.54, 1.807) is 11.8 Å². The fraction of sp³-hybridized carbons (Fsp3) is 0.562. The molecular formula is C16H25ClN2OS2. The second kappa shape index (κ2) is 10.4.